The van der Waals surface area contributed by atoms with Gasteiger partial charge in [-0.25, -0.2) is 8.78 Å². The third kappa shape index (κ3) is 2.50. The standard InChI is InChI=1S/C13H7ClF2O/c14-12-2-1-9(6-13(12)16)10-3-8(7-17)4-11(15)5-10/h1-7H. The lowest BCUT2D eigenvalue weighted by molar-refractivity contribution is 0.112. The normalized spacial score (nSPS) is 10.3. The van der Waals surface area contributed by atoms with E-state index in [-0.39, 0.29) is 10.6 Å². The van der Waals surface area contributed by atoms with Gasteiger partial charge in [0.25, 0.3) is 0 Å². The van der Waals surface area contributed by atoms with Gasteiger partial charge in [0.1, 0.15) is 17.9 Å². The van der Waals surface area contributed by atoms with Gasteiger partial charge in [-0.15, -0.1) is 0 Å². The molecular weight excluding hydrogens is 246 g/mol. The third-order valence-corrected chi connectivity index (χ3v) is 2.62. The highest BCUT2D eigenvalue weighted by Gasteiger charge is 2.06. The Balaban J connectivity index is 2.55. The van der Waals surface area contributed by atoms with Crippen LogP contribution < -0.4 is 0 Å². The van der Waals surface area contributed by atoms with Crippen molar-refractivity contribution in [2.24, 2.45) is 0 Å². The predicted molar refractivity (Wildman–Crippen MR) is 62.2 cm³/mol. The van der Waals surface area contributed by atoms with Crippen LogP contribution in [0.15, 0.2) is 36.4 Å². The number of hydrogen-bond acceptors (Lipinski definition) is 1. The minimum atomic E-state index is -0.582. The van der Waals surface area contributed by atoms with E-state index in [4.69, 9.17) is 11.6 Å². The van der Waals surface area contributed by atoms with E-state index in [9.17, 15) is 13.6 Å². The summed E-state index contributed by atoms with van der Waals surface area (Å²) in [5.74, 6) is -1.12. The number of rotatable bonds is 2. The Bertz CT molecular complexity index is 582. The Morgan fingerprint density at radius 2 is 1.76 bits per heavy atom. The predicted octanol–water partition coefficient (Wildman–Crippen LogP) is 4.10. The van der Waals surface area contributed by atoms with Crippen LogP contribution in [0.25, 0.3) is 11.1 Å². The Morgan fingerprint density at radius 3 is 2.41 bits per heavy atom. The minimum Gasteiger partial charge on any atom is -0.298 e. The van der Waals surface area contributed by atoms with Gasteiger partial charge < -0.3 is 0 Å². The van der Waals surface area contributed by atoms with E-state index in [2.05, 4.69) is 0 Å². The number of halogens is 3. The molecule has 0 atom stereocenters. The van der Waals surface area contributed by atoms with Gasteiger partial charge in [0, 0.05) is 5.56 Å². The molecule has 0 heterocycles. The van der Waals surface area contributed by atoms with Crippen LogP contribution in [0, 0.1) is 11.6 Å². The Morgan fingerprint density at radius 1 is 1.00 bits per heavy atom. The molecule has 0 amide bonds. The maximum Gasteiger partial charge on any atom is 0.150 e. The van der Waals surface area contributed by atoms with Crippen LogP contribution in [0.2, 0.25) is 5.02 Å². The van der Waals surface area contributed by atoms with Gasteiger partial charge in [-0.3, -0.25) is 4.79 Å². The Hall–Kier alpha value is -1.74. The first kappa shape index (κ1) is 11.7. The molecule has 0 unspecified atom stereocenters. The molecule has 0 aromatic heterocycles. The highest BCUT2D eigenvalue weighted by Crippen LogP contribution is 2.25. The second-order valence-corrected chi connectivity index (χ2v) is 3.93. The molecule has 0 radical (unpaired) electrons. The molecular formula is C13H7ClF2O. The lowest BCUT2D eigenvalue weighted by Gasteiger charge is -2.04. The molecule has 0 N–H and O–H groups in total. The lowest BCUT2D eigenvalue weighted by atomic mass is 10.0. The maximum absolute atomic E-state index is 13.3. The molecule has 0 saturated heterocycles. The highest BCUT2D eigenvalue weighted by atomic mass is 35.5. The van der Waals surface area contributed by atoms with Crippen LogP contribution in [0.3, 0.4) is 0 Å². The molecule has 17 heavy (non-hydrogen) atoms. The topological polar surface area (TPSA) is 17.1 Å². The zero-order valence-corrected chi connectivity index (χ0v) is 9.34. The summed E-state index contributed by atoms with van der Waals surface area (Å²) in [5, 5.41) is 0.000707. The van der Waals surface area contributed by atoms with E-state index >= 15 is 0 Å². The molecule has 0 fully saturated rings. The van der Waals surface area contributed by atoms with Crippen LogP contribution in [-0.2, 0) is 0 Å². The number of benzene rings is 2. The van der Waals surface area contributed by atoms with Gasteiger partial charge >= 0.3 is 0 Å². The van der Waals surface area contributed by atoms with Gasteiger partial charge in [0.05, 0.1) is 5.02 Å². The fourth-order valence-corrected chi connectivity index (χ4v) is 1.64. The molecule has 2 aromatic rings. The first-order valence-electron chi connectivity index (χ1n) is 4.81. The van der Waals surface area contributed by atoms with Gasteiger partial charge in [-0.2, -0.15) is 0 Å². The number of hydrogen-bond donors (Lipinski definition) is 0. The molecule has 1 nitrogen and oxygen atoms in total. The molecule has 0 aliphatic carbocycles. The fraction of sp³-hybridized carbons (Fsp3) is 0. The van der Waals surface area contributed by atoms with Crippen molar-refractivity contribution in [2.45, 2.75) is 0 Å². The summed E-state index contributed by atoms with van der Waals surface area (Å²) >= 11 is 5.55. The van der Waals surface area contributed by atoms with Crippen LogP contribution in [0.5, 0.6) is 0 Å². The van der Waals surface area contributed by atoms with E-state index in [1.54, 1.807) is 6.07 Å². The molecule has 86 valence electrons. The average molecular weight is 253 g/mol. The molecule has 0 aliphatic rings. The van der Waals surface area contributed by atoms with Crippen LogP contribution in [-0.4, -0.2) is 6.29 Å². The second kappa shape index (κ2) is 4.63. The van der Waals surface area contributed by atoms with E-state index < -0.39 is 11.6 Å². The second-order valence-electron chi connectivity index (χ2n) is 3.52. The Labute approximate surface area is 102 Å². The third-order valence-electron chi connectivity index (χ3n) is 2.31. The molecule has 2 rings (SSSR count). The molecule has 0 spiro atoms. The van der Waals surface area contributed by atoms with Crippen molar-refractivity contribution < 1.29 is 13.6 Å². The fourth-order valence-electron chi connectivity index (χ4n) is 1.52. The average Bonchev–Trinajstić information content (AvgIpc) is 2.32. The maximum atomic E-state index is 13.3. The smallest absolute Gasteiger partial charge is 0.150 e. The van der Waals surface area contributed by atoms with E-state index in [0.717, 1.165) is 6.07 Å². The number of aldehydes is 1. The lowest BCUT2D eigenvalue weighted by Crippen LogP contribution is -1.87. The minimum absolute atomic E-state index is 0.000707. The van der Waals surface area contributed by atoms with Crippen molar-refractivity contribution in [3.05, 3.63) is 58.6 Å². The van der Waals surface area contributed by atoms with Gasteiger partial charge in [-0.1, -0.05) is 17.7 Å². The van der Waals surface area contributed by atoms with Crippen molar-refractivity contribution >= 4 is 17.9 Å². The van der Waals surface area contributed by atoms with Crippen molar-refractivity contribution in [3.8, 4) is 11.1 Å². The van der Waals surface area contributed by atoms with Crippen LogP contribution >= 0.6 is 11.6 Å². The summed E-state index contributed by atoms with van der Waals surface area (Å²) < 4.78 is 26.5. The zero-order valence-electron chi connectivity index (χ0n) is 8.58. The molecule has 0 saturated carbocycles. The summed E-state index contributed by atoms with van der Waals surface area (Å²) in [5.41, 5.74) is 1.10. The van der Waals surface area contributed by atoms with Gasteiger partial charge in [0.2, 0.25) is 0 Å². The van der Waals surface area contributed by atoms with Gasteiger partial charge in [-0.05, 0) is 41.5 Å². The quantitative estimate of drug-likeness (QED) is 0.736. The largest absolute Gasteiger partial charge is 0.298 e. The summed E-state index contributed by atoms with van der Waals surface area (Å²) in [7, 11) is 0. The molecule has 0 bridgehead atoms. The summed E-state index contributed by atoms with van der Waals surface area (Å²) in [4.78, 5) is 10.6. The SMILES string of the molecule is O=Cc1cc(F)cc(-c2ccc(Cl)c(F)c2)c1. The van der Waals surface area contributed by atoms with Gasteiger partial charge in [0.15, 0.2) is 0 Å². The first-order valence-corrected chi connectivity index (χ1v) is 5.19. The van der Waals surface area contributed by atoms with Crippen molar-refractivity contribution in [2.75, 3.05) is 0 Å². The van der Waals surface area contributed by atoms with Crippen LogP contribution in [0.1, 0.15) is 10.4 Å². The highest BCUT2D eigenvalue weighted by molar-refractivity contribution is 6.30. The molecule has 4 heteroatoms. The summed E-state index contributed by atoms with van der Waals surface area (Å²) in [6, 6.07) is 7.98. The monoisotopic (exact) mass is 252 g/mol. The van der Waals surface area contributed by atoms with E-state index in [1.807, 2.05) is 0 Å². The van der Waals surface area contributed by atoms with Crippen molar-refractivity contribution in [3.63, 3.8) is 0 Å². The first-order chi connectivity index (χ1) is 8.10. The van der Waals surface area contributed by atoms with Crippen LogP contribution in [0.4, 0.5) is 8.78 Å². The summed E-state index contributed by atoms with van der Waals surface area (Å²) in [6.07, 6.45) is 0.541. The zero-order chi connectivity index (χ0) is 12.4. The number of carbonyl (C=O) groups is 1. The van der Waals surface area contributed by atoms with Crippen molar-refractivity contribution in [1.82, 2.24) is 0 Å². The van der Waals surface area contributed by atoms with E-state index in [1.165, 1.54) is 24.3 Å². The van der Waals surface area contributed by atoms with E-state index in [0.29, 0.717) is 17.4 Å². The Kier molecular flexibility index (Phi) is 3.20. The summed E-state index contributed by atoms with van der Waals surface area (Å²) in [6.45, 7) is 0. The van der Waals surface area contributed by atoms with Crippen molar-refractivity contribution in [1.29, 1.82) is 0 Å². The number of carbonyl (C=O) groups excluding carboxylic acids is 1. The molecule has 0 aliphatic heterocycles. The molecule has 2 aromatic carbocycles.